The van der Waals surface area contributed by atoms with Crippen LogP contribution in [-0.4, -0.2) is 31.1 Å². The second-order valence-corrected chi connectivity index (χ2v) is 5.10. The molecule has 1 unspecified atom stereocenters. The van der Waals surface area contributed by atoms with Crippen LogP contribution in [0.1, 0.15) is 25.3 Å². The first-order valence-corrected chi connectivity index (χ1v) is 6.54. The van der Waals surface area contributed by atoms with Crippen molar-refractivity contribution in [2.75, 3.05) is 20.1 Å². The maximum absolute atomic E-state index is 8.74. The van der Waals surface area contributed by atoms with E-state index in [0.717, 1.165) is 18.8 Å². The summed E-state index contributed by atoms with van der Waals surface area (Å²) in [5, 5.41) is 8.74. The largest absolute Gasteiger partial charge is 0.490 e. The molecule has 1 aliphatic heterocycles. The van der Waals surface area contributed by atoms with Gasteiger partial charge in [0.2, 0.25) is 0 Å². The van der Waals surface area contributed by atoms with Crippen LogP contribution >= 0.6 is 0 Å². The summed E-state index contributed by atoms with van der Waals surface area (Å²) >= 11 is 0. The van der Waals surface area contributed by atoms with Crippen LogP contribution in [0.15, 0.2) is 24.3 Å². The van der Waals surface area contributed by atoms with Gasteiger partial charge in [0.1, 0.15) is 5.75 Å². The van der Waals surface area contributed by atoms with E-state index < -0.39 is 0 Å². The van der Waals surface area contributed by atoms with Crippen molar-refractivity contribution in [3.63, 3.8) is 0 Å². The molecule has 0 aliphatic carbocycles. The molecule has 1 heterocycles. The van der Waals surface area contributed by atoms with Crippen LogP contribution in [0.2, 0.25) is 0 Å². The second kappa shape index (κ2) is 5.88. The molecule has 0 saturated carbocycles. The van der Waals surface area contributed by atoms with Crippen molar-refractivity contribution >= 4 is 0 Å². The van der Waals surface area contributed by atoms with Crippen molar-refractivity contribution in [2.24, 2.45) is 5.92 Å². The standard InChI is InChI=1S/C15H20N2O/c1-12(14-7-9-17(2)10-8-14)18-15-5-3-13(11-16)4-6-15/h3-6,12,14H,7-10H2,1-2H3. The van der Waals surface area contributed by atoms with Gasteiger partial charge in [-0.1, -0.05) is 0 Å². The van der Waals surface area contributed by atoms with E-state index in [1.165, 1.54) is 12.8 Å². The Bertz CT molecular complexity index is 413. The Morgan fingerprint density at radius 2 is 1.89 bits per heavy atom. The predicted molar refractivity (Wildman–Crippen MR) is 71.5 cm³/mol. The van der Waals surface area contributed by atoms with Crippen molar-refractivity contribution in [2.45, 2.75) is 25.9 Å². The van der Waals surface area contributed by atoms with E-state index >= 15 is 0 Å². The van der Waals surface area contributed by atoms with Gasteiger partial charge in [0.15, 0.2) is 0 Å². The third-order valence-corrected chi connectivity index (χ3v) is 3.73. The number of benzene rings is 1. The number of likely N-dealkylation sites (tertiary alicyclic amines) is 1. The number of rotatable bonds is 3. The van der Waals surface area contributed by atoms with Crippen LogP contribution in [0.5, 0.6) is 5.75 Å². The maximum Gasteiger partial charge on any atom is 0.119 e. The van der Waals surface area contributed by atoms with Crippen LogP contribution in [0.25, 0.3) is 0 Å². The van der Waals surface area contributed by atoms with Crippen LogP contribution in [0.4, 0.5) is 0 Å². The first-order valence-electron chi connectivity index (χ1n) is 6.54. The van der Waals surface area contributed by atoms with Crippen molar-refractivity contribution in [1.82, 2.24) is 4.90 Å². The predicted octanol–water partition coefficient (Wildman–Crippen LogP) is 2.67. The molecule has 1 saturated heterocycles. The Morgan fingerprint density at radius 3 is 2.44 bits per heavy atom. The fraction of sp³-hybridized carbons (Fsp3) is 0.533. The Morgan fingerprint density at radius 1 is 1.28 bits per heavy atom. The first-order chi connectivity index (χ1) is 8.69. The lowest BCUT2D eigenvalue weighted by Gasteiger charge is -2.32. The lowest BCUT2D eigenvalue weighted by molar-refractivity contribution is 0.0978. The van der Waals surface area contributed by atoms with Crippen molar-refractivity contribution in [1.29, 1.82) is 5.26 Å². The van der Waals surface area contributed by atoms with E-state index in [0.29, 0.717) is 11.5 Å². The summed E-state index contributed by atoms with van der Waals surface area (Å²) in [5.74, 6) is 1.50. The van der Waals surface area contributed by atoms with Gasteiger partial charge in [-0.15, -0.1) is 0 Å². The molecule has 1 fully saturated rings. The molecule has 0 aromatic heterocycles. The third kappa shape index (κ3) is 3.24. The highest BCUT2D eigenvalue weighted by Crippen LogP contribution is 2.24. The lowest BCUT2D eigenvalue weighted by Crippen LogP contribution is -2.36. The number of hydrogen-bond donors (Lipinski definition) is 0. The molecular weight excluding hydrogens is 224 g/mol. The number of hydrogen-bond acceptors (Lipinski definition) is 3. The van der Waals surface area contributed by atoms with Gasteiger partial charge >= 0.3 is 0 Å². The highest BCUT2D eigenvalue weighted by Gasteiger charge is 2.23. The molecule has 3 nitrogen and oxygen atoms in total. The zero-order valence-electron chi connectivity index (χ0n) is 11.1. The van der Waals surface area contributed by atoms with E-state index in [9.17, 15) is 0 Å². The van der Waals surface area contributed by atoms with Gasteiger partial charge in [0.25, 0.3) is 0 Å². The molecule has 96 valence electrons. The van der Waals surface area contributed by atoms with E-state index in [4.69, 9.17) is 10.00 Å². The molecule has 0 amide bonds. The van der Waals surface area contributed by atoms with Gasteiger partial charge in [-0.25, -0.2) is 0 Å². The fourth-order valence-electron chi connectivity index (χ4n) is 2.42. The van der Waals surface area contributed by atoms with Crippen LogP contribution in [-0.2, 0) is 0 Å². The van der Waals surface area contributed by atoms with Crippen LogP contribution in [0, 0.1) is 17.2 Å². The van der Waals surface area contributed by atoms with Crippen molar-refractivity contribution < 1.29 is 4.74 Å². The molecule has 0 bridgehead atoms. The van der Waals surface area contributed by atoms with Crippen molar-refractivity contribution in [3.8, 4) is 11.8 Å². The number of nitrogens with zero attached hydrogens (tertiary/aromatic N) is 2. The average Bonchev–Trinajstić information content (AvgIpc) is 2.40. The molecule has 0 N–H and O–H groups in total. The normalized spacial score (nSPS) is 19.2. The Hall–Kier alpha value is -1.53. The zero-order valence-corrected chi connectivity index (χ0v) is 11.1. The minimum Gasteiger partial charge on any atom is -0.490 e. The van der Waals surface area contributed by atoms with E-state index in [1.54, 1.807) is 12.1 Å². The van der Waals surface area contributed by atoms with E-state index in [2.05, 4.69) is 24.9 Å². The Kier molecular flexibility index (Phi) is 4.22. The molecule has 1 aromatic rings. The molecular formula is C15H20N2O. The number of ether oxygens (including phenoxy) is 1. The molecule has 0 spiro atoms. The minimum absolute atomic E-state index is 0.242. The molecule has 1 atom stereocenters. The van der Waals surface area contributed by atoms with Crippen LogP contribution in [0.3, 0.4) is 0 Å². The second-order valence-electron chi connectivity index (χ2n) is 5.10. The molecule has 1 aliphatic rings. The monoisotopic (exact) mass is 244 g/mol. The van der Waals surface area contributed by atoms with Gasteiger partial charge in [-0.2, -0.15) is 5.26 Å². The molecule has 18 heavy (non-hydrogen) atoms. The lowest BCUT2D eigenvalue weighted by atomic mass is 9.92. The van der Waals surface area contributed by atoms with Gasteiger partial charge in [0.05, 0.1) is 17.7 Å². The number of piperidine rings is 1. The minimum atomic E-state index is 0.242. The average molecular weight is 244 g/mol. The fourth-order valence-corrected chi connectivity index (χ4v) is 2.42. The maximum atomic E-state index is 8.74. The SMILES string of the molecule is CC(Oc1ccc(C#N)cc1)C1CCN(C)CC1. The zero-order chi connectivity index (χ0) is 13.0. The Balaban J connectivity index is 1.90. The summed E-state index contributed by atoms with van der Waals surface area (Å²) in [5.41, 5.74) is 0.675. The summed E-state index contributed by atoms with van der Waals surface area (Å²) < 4.78 is 5.96. The van der Waals surface area contributed by atoms with Gasteiger partial charge in [-0.05, 0) is 70.1 Å². The highest BCUT2D eigenvalue weighted by molar-refractivity contribution is 5.34. The smallest absolute Gasteiger partial charge is 0.119 e. The first kappa shape index (κ1) is 12.9. The summed E-state index contributed by atoms with van der Waals surface area (Å²) in [6, 6.07) is 9.48. The summed E-state index contributed by atoms with van der Waals surface area (Å²) in [6.07, 6.45) is 2.65. The molecule has 1 aromatic carbocycles. The van der Waals surface area contributed by atoms with E-state index in [1.807, 2.05) is 12.1 Å². The molecule has 3 heteroatoms. The van der Waals surface area contributed by atoms with Gasteiger partial charge in [-0.3, -0.25) is 0 Å². The van der Waals surface area contributed by atoms with Gasteiger partial charge in [0, 0.05) is 0 Å². The van der Waals surface area contributed by atoms with Crippen molar-refractivity contribution in [3.05, 3.63) is 29.8 Å². The molecule has 0 radical (unpaired) electrons. The quantitative estimate of drug-likeness (QED) is 0.820. The summed E-state index contributed by atoms with van der Waals surface area (Å²) in [7, 11) is 2.17. The Labute approximate surface area is 109 Å². The van der Waals surface area contributed by atoms with Crippen LogP contribution < -0.4 is 4.74 Å². The van der Waals surface area contributed by atoms with E-state index in [-0.39, 0.29) is 6.10 Å². The molecule has 2 rings (SSSR count). The van der Waals surface area contributed by atoms with Gasteiger partial charge < -0.3 is 9.64 Å². The summed E-state index contributed by atoms with van der Waals surface area (Å²) in [4.78, 5) is 2.37. The topological polar surface area (TPSA) is 36.3 Å². The third-order valence-electron chi connectivity index (χ3n) is 3.73. The highest BCUT2D eigenvalue weighted by atomic mass is 16.5. The summed E-state index contributed by atoms with van der Waals surface area (Å²) in [6.45, 7) is 4.46. The number of nitriles is 1.